The van der Waals surface area contributed by atoms with Gasteiger partial charge >= 0.3 is 6.18 Å². The number of amides is 2. The van der Waals surface area contributed by atoms with Gasteiger partial charge in [0.25, 0.3) is 0 Å². The molecule has 0 aliphatic heterocycles. The number of alkyl halides is 3. The quantitative estimate of drug-likeness (QED) is 0.404. The van der Waals surface area contributed by atoms with E-state index in [0.29, 0.717) is 28.9 Å². The van der Waals surface area contributed by atoms with E-state index < -0.39 is 62.7 Å². The van der Waals surface area contributed by atoms with Crippen LogP contribution in [-0.4, -0.2) is 50.5 Å². The molecule has 0 bridgehead atoms. The smallest absolute Gasteiger partial charge is 0.354 e. The first kappa shape index (κ1) is 30.4. The van der Waals surface area contributed by atoms with Gasteiger partial charge in [-0.3, -0.25) is 13.9 Å². The van der Waals surface area contributed by atoms with Gasteiger partial charge in [-0.05, 0) is 48.7 Å². The minimum Gasteiger partial charge on any atom is -0.354 e. The second-order valence-corrected chi connectivity index (χ2v) is 10.6. The monoisotopic (exact) mass is 565 g/mol. The number of nitrogens with zero attached hydrogens (tertiary/aromatic N) is 2. The van der Waals surface area contributed by atoms with Crippen molar-refractivity contribution in [1.29, 1.82) is 0 Å². The zero-order chi connectivity index (χ0) is 28.0. The Hall–Kier alpha value is -2.86. The minimum absolute atomic E-state index is 0.164. The third-order valence-electron chi connectivity index (χ3n) is 5.42. The maximum absolute atomic E-state index is 13.5. The molecule has 2 aromatic rings. The lowest BCUT2D eigenvalue weighted by molar-refractivity contribution is -0.140. The van der Waals surface area contributed by atoms with Crippen molar-refractivity contribution in [2.75, 3.05) is 23.7 Å². The number of rotatable bonds is 11. The normalized spacial score (nSPS) is 12.6. The molecule has 2 rings (SSSR count). The van der Waals surface area contributed by atoms with Gasteiger partial charge in [0, 0.05) is 13.1 Å². The van der Waals surface area contributed by atoms with Crippen LogP contribution < -0.4 is 9.62 Å². The lowest BCUT2D eigenvalue weighted by Gasteiger charge is -2.33. The number of hydrogen-bond acceptors (Lipinski definition) is 4. The second-order valence-electron chi connectivity index (χ2n) is 8.29. The van der Waals surface area contributed by atoms with Crippen LogP contribution in [0.1, 0.15) is 37.8 Å². The highest BCUT2D eigenvalue weighted by Crippen LogP contribution is 2.37. The molecule has 0 spiro atoms. The fraction of sp³-hybridized carbons (Fsp3) is 0.417. The molecular formula is C24H28ClF4N3O4S. The Morgan fingerprint density at radius 3 is 2.22 bits per heavy atom. The Bertz CT molecular complexity index is 1210. The Morgan fingerprint density at radius 1 is 1.08 bits per heavy atom. The number of sulfonamides is 1. The maximum Gasteiger partial charge on any atom is 0.417 e. The summed E-state index contributed by atoms with van der Waals surface area (Å²) in [6.07, 6.45) is -3.31. The number of carbonyl (C=O) groups excluding carboxylic acids is 2. The number of halogens is 5. The summed E-state index contributed by atoms with van der Waals surface area (Å²) in [4.78, 5) is 27.5. The summed E-state index contributed by atoms with van der Waals surface area (Å²) >= 11 is 5.66. The standard InChI is InChI=1S/C24H28ClF4N3O4S/c1-4-12-30-23(34)21(5-2)31(14-16-6-8-17(26)9-7-16)22(33)15-32(37(3,35)36)18-10-11-20(25)19(13-18)24(27,28)29/h6-11,13,21H,4-5,12,14-15H2,1-3H3,(H,30,34)/t21-/m0/s1. The Morgan fingerprint density at radius 2 is 1.70 bits per heavy atom. The molecule has 0 saturated carbocycles. The van der Waals surface area contributed by atoms with Crippen LogP contribution in [0.2, 0.25) is 5.02 Å². The Balaban J connectivity index is 2.50. The molecule has 13 heteroatoms. The second kappa shape index (κ2) is 12.6. The molecular weight excluding hydrogens is 538 g/mol. The minimum atomic E-state index is -4.86. The number of anilines is 1. The van der Waals surface area contributed by atoms with Crippen molar-refractivity contribution >= 4 is 39.1 Å². The topological polar surface area (TPSA) is 86.8 Å². The van der Waals surface area contributed by atoms with Crippen LogP contribution in [0.5, 0.6) is 0 Å². The van der Waals surface area contributed by atoms with E-state index in [4.69, 9.17) is 11.6 Å². The van der Waals surface area contributed by atoms with Crippen molar-refractivity contribution in [3.05, 3.63) is 64.4 Å². The zero-order valence-electron chi connectivity index (χ0n) is 20.5. The van der Waals surface area contributed by atoms with Gasteiger partial charge in [-0.25, -0.2) is 12.8 Å². The van der Waals surface area contributed by atoms with Crippen LogP contribution in [0.25, 0.3) is 0 Å². The van der Waals surface area contributed by atoms with Gasteiger partial charge in [-0.15, -0.1) is 0 Å². The molecule has 0 aliphatic carbocycles. The van der Waals surface area contributed by atoms with Crippen LogP contribution in [-0.2, 0) is 32.3 Å². The van der Waals surface area contributed by atoms with Crippen molar-refractivity contribution in [3.8, 4) is 0 Å². The van der Waals surface area contributed by atoms with E-state index in [2.05, 4.69) is 5.32 Å². The van der Waals surface area contributed by atoms with Gasteiger partial charge in [0.2, 0.25) is 21.8 Å². The third kappa shape index (κ3) is 8.32. The SMILES string of the molecule is CCCNC(=O)[C@H](CC)N(Cc1ccc(F)cc1)C(=O)CN(c1ccc(Cl)c(C(F)(F)F)c1)S(C)(=O)=O. The largest absolute Gasteiger partial charge is 0.417 e. The lowest BCUT2D eigenvalue weighted by atomic mass is 10.1. The van der Waals surface area contributed by atoms with Gasteiger partial charge < -0.3 is 10.2 Å². The summed E-state index contributed by atoms with van der Waals surface area (Å²) in [5, 5.41) is 2.06. The predicted molar refractivity (Wildman–Crippen MR) is 133 cm³/mol. The number of benzene rings is 2. The molecule has 2 aromatic carbocycles. The van der Waals surface area contributed by atoms with Gasteiger partial charge in [-0.1, -0.05) is 37.6 Å². The van der Waals surface area contributed by atoms with E-state index in [1.165, 1.54) is 24.3 Å². The van der Waals surface area contributed by atoms with E-state index >= 15 is 0 Å². The predicted octanol–water partition coefficient (Wildman–Crippen LogP) is 4.60. The van der Waals surface area contributed by atoms with Crippen LogP contribution in [0.15, 0.2) is 42.5 Å². The highest BCUT2D eigenvalue weighted by molar-refractivity contribution is 7.92. The van der Waals surface area contributed by atoms with Crippen LogP contribution in [0.3, 0.4) is 0 Å². The molecule has 0 saturated heterocycles. The highest BCUT2D eigenvalue weighted by Gasteiger charge is 2.36. The van der Waals surface area contributed by atoms with Crippen molar-refractivity contribution in [2.24, 2.45) is 0 Å². The van der Waals surface area contributed by atoms with E-state index in [1.54, 1.807) is 6.92 Å². The van der Waals surface area contributed by atoms with Crippen molar-refractivity contribution in [1.82, 2.24) is 10.2 Å². The molecule has 37 heavy (non-hydrogen) atoms. The maximum atomic E-state index is 13.5. The van der Waals surface area contributed by atoms with E-state index in [-0.39, 0.29) is 13.0 Å². The molecule has 7 nitrogen and oxygen atoms in total. The summed E-state index contributed by atoms with van der Waals surface area (Å²) in [5.74, 6) is -1.82. The summed E-state index contributed by atoms with van der Waals surface area (Å²) < 4.78 is 79.2. The molecule has 0 unspecified atom stereocenters. The zero-order valence-corrected chi connectivity index (χ0v) is 22.1. The third-order valence-corrected chi connectivity index (χ3v) is 6.89. The van der Waals surface area contributed by atoms with E-state index in [1.807, 2.05) is 6.92 Å². The summed E-state index contributed by atoms with van der Waals surface area (Å²) in [5.41, 5.74) is -1.22. The summed E-state index contributed by atoms with van der Waals surface area (Å²) in [6.45, 7) is 2.80. The first-order valence-corrected chi connectivity index (χ1v) is 13.6. The fourth-order valence-electron chi connectivity index (χ4n) is 3.57. The molecule has 1 atom stereocenters. The molecule has 0 aliphatic rings. The Labute approximate surface area is 218 Å². The molecule has 2 amide bonds. The average molecular weight is 566 g/mol. The van der Waals surface area contributed by atoms with Crippen molar-refractivity contribution < 1.29 is 35.6 Å². The molecule has 0 fully saturated rings. The van der Waals surface area contributed by atoms with Crippen molar-refractivity contribution in [2.45, 2.75) is 45.5 Å². The van der Waals surface area contributed by atoms with E-state index in [9.17, 15) is 35.6 Å². The summed E-state index contributed by atoms with van der Waals surface area (Å²) in [6, 6.07) is 6.65. The summed E-state index contributed by atoms with van der Waals surface area (Å²) in [7, 11) is -4.24. The van der Waals surface area contributed by atoms with Gasteiger partial charge in [0.1, 0.15) is 18.4 Å². The van der Waals surface area contributed by atoms with Gasteiger partial charge in [0.15, 0.2) is 0 Å². The molecule has 0 heterocycles. The first-order valence-electron chi connectivity index (χ1n) is 11.3. The first-order chi connectivity index (χ1) is 17.2. The van der Waals surface area contributed by atoms with Crippen LogP contribution >= 0.6 is 11.6 Å². The van der Waals surface area contributed by atoms with E-state index in [0.717, 1.165) is 23.3 Å². The highest BCUT2D eigenvalue weighted by atomic mass is 35.5. The molecule has 0 radical (unpaired) electrons. The number of carbonyl (C=O) groups is 2. The molecule has 1 N–H and O–H groups in total. The lowest BCUT2D eigenvalue weighted by Crippen LogP contribution is -2.52. The number of nitrogens with one attached hydrogen (secondary N) is 1. The van der Waals surface area contributed by atoms with Gasteiger partial charge in [0.05, 0.1) is 22.5 Å². The van der Waals surface area contributed by atoms with Crippen LogP contribution in [0.4, 0.5) is 23.2 Å². The molecule has 0 aromatic heterocycles. The fourth-order valence-corrected chi connectivity index (χ4v) is 4.64. The van der Waals surface area contributed by atoms with Crippen molar-refractivity contribution in [3.63, 3.8) is 0 Å². The average Bonchev–Trinajstić information content (AvgIpc) is 2.81. The number of hydrogen-bond donors (Lipinski definition) is 1. The van der Waals surface area contributed by atoms with Gasteiger partial charge in [-0.2, -0.15) is 13.2 Å². The Kier molecular flexibility index (Phi) is 10.3. The molecule has 204 valence electrons. The van der Waals surface area contributed by atoms with Crippen LogP contribution in [0, 0.1) is 5.82 Å².